The molecule has 1 aliphatic rings. The van der Waals surface area contributed by atoms with E-state index in [2.05, 4.69) is 5.32 Å². The molecule has 0 aliphatic carbocycles. The molecule has 2 aromatic carbocycles. The van der Waals surface area contributed by atoms with E-state index in [1.54, 1.807) is 30.5 Å². The van der Waals surface area contributed by atoms with Crippen LogP contribution in [-0.4, -0.2) is 36.7 Å². The Morgan fingerprint density at radius 2 is 1.72 bits per heavy atom. The number of carbonyl (C=O) groups excluding carboxylic acids is 1. The van der Waals surface area contributed by atoms with Crippen LogP contribution in [0.1, 0.15) is 16.7 Å². The van der Waals surface area contributed by atoms with Gasteiger partial charge in [-0.2, -0.15) is 12.7 Å². The molecule has 0 bridgehead atoms. The van der Waals surface area contributed by atoms with Crippen molar-refractivity contribution in [3.05, 3.63) is 83.1 Å². The number of para-hydroxylation sites is 1. The summed E-state index contributed by atoms with van der Waals surface area (Å²) in [6.45, 7) is 2.01. The summed E-state index contributed by atoms with van der Waals surface area (Å²) in [7, 11) is -0.704. The highest BCUT2D eigenvalue weighted by molar-refractivity contribution is 7.87. The molecule has 2 heterocycles. The number of benzene rings is 2. The fourth-order valence-corrected chi connectivity index (χ4v) is 4.28. The summed E-state index contributed by atoms with van der Waals surface area (Å²) in [5.41, 5.74) is 4.50. The van der Waals surface area contributed by atoms with Gasteiger partial charge in [0.05, 0.1) is 5.52 Å². The average molecular weight is 407 g/mol. The lowest BCUT2D eigenvalue weighted by atomic mass is 10.1. The van der Waals surface area contributed by atoms with Crippen LogP contribution < -0.4 is 5.32 Å². The van der Waals surface area contributed by atoms with Crippen molar-refractivity contribution in [3.63, 3.8) is 0 Å². The second-order valence-corrected chi connectivity index (χ2v) is 9.18. The van der Waals surface area contributed by atoms with Gasteiger partial charge in [0.15, 0.2) is 0 Å². The van der Waals surface area contributed by atoms with Gasteiger partial charge in [-0.3, -0.25) is 4.79 Å². The number of aromatic nitrogens is 1. The number of nitrogens with one attached hydrogen (secondary N) is 1. The van der Waals surface area contributed by atoms with E-state index in [0.29, 0.717) is 16.7 Å². The minimum absolute atomic E-state index is 0.215. The minimum Gasteiger partial charge on any atom is -0.321 e. The minimum atomic E-state index is -3.68. The van der Waals surface area contributed by atoms with Crippen molar-refractivity contribution < 1.29 is 13.2 Å². The lowest BCUT2D eigenvalue weighted by molar-refractivity contribution is -0.115. The van der Waals surface area contributed by atoms with Crippen molar-refractivity contribution in [1.29, 1.82) is 0 Å². The van der Waals surface area contributed by atoms with Gasteiger partial charge in [0.1, 0.15) is 0 Å². The van der Waals surface area contributed by atoms with Crippen molar-refractivity contribution in [2.45, 2.75) is 6.92 Å². The zero-order valence-electron chi connectivity index (χ0n) is 16.4. The Bertz CT molecular complexity index is 1280. The number of rotatable bonds is 4. The Morgan fingerprint density at radius 1 is 1.03 bits per heavy atom. The summed E-state index contributed by atoms with van der Waals surface area (Å²) in [5.74, 6) is -0.215. The number of nitrogens with zero attached hydrogens (tertiary/aromatic N) is 2. The van der Waals surface area contributed by atoms with Gasteiger partial charge in [-0.25, -0.2) is 3.97 Å². The van der Waals surface area contributed by atoms with Crippen molar-refractivity contribution in [1.82, 2.24) is 13.6 Å². The quantitative estimate of drug-likeness (QED) is 0.676. The van der Waals surface area contributed by atoms with Crippen molar-refractivity contribution in [2.75, 3.05) is 14.1 Å². The summed E-state index contributed by atoms with van der Waals surface area (Å²) < 4.78 is 27.8. The summed E-state index contributed by atoms with van der Waals surface area (Å²) >= 11 is 0. The maximum Gasteiger partial charge on any atom is 0.307 e. The molecule has 0 saturated heterocycles. The number of fused-ring (bicyclic) bond motifs is 1. The summed E-state index contributed by atoms with van der Waals surface area (Å²) in [4.78, 5) is 12.5. The lowest BCUT2D eigenvalue weighted by Crippen LogP contribution is -2.28. The number of aryl methyl sites for hydroxylation is 1. The molecule has 7 heteroatoms. The standard InChI is InChI=1S/C22H21N3O3S/c1-15-8-10-16(11-9-15)20-13-17(22(26)23-20)12-18-14-25(29(27,28)24(2)3)21-7-5-4-6-19(18)21/h4-14H,1-3H3,(H,23,26). The first-order valence-corrected chi connectivity index (χ1v) is 10.5. The smallest absolute Gasteiger partial charge is 0.307 e. The zero-order valence-corrected chi connectivity index (χ0v) is 17.2. The predicted octanol–water partition coefficient (Wildman–Crippen LogP) is 3.16. The van der Waals surface area contributed by atoms with Crippen LogP contribution in [0.4, 0.5) is 0 Å². The second-order valence-electron chi connectivity index (χ2n) is 7.17. The average Bonchev–Trinajstić information content (AvgIpc) is 3.24. The molecule has 1 N–H and O–H groups in total. The van der Waals surface area contributed by atoms with Gasteiger partial charge in [0.2, 0.25) is 0 Å². The van der Waals surface area contributed by atoms with Crippen LogP contribution in [0, 0.1) is 6.92 Å². The van der Waals surface area contributed by atoms with E-state index in [1.165, 1.54) is 18.1 Å². The highest BCUT2D eigenvalue weighted by Crippen LogP contribution is 2.28. The topological polar surface area (TPSA) is 71.4 Å². The fourth-order valence-electron chi connectivity index (χ4n) is 3.27. The molecule has 0 fully saturated rings. The van der Waals surface area contributed by atoms with Gasteiger partial charge in [-0.15, -0.1) is 0 Å². The lowest BCUT2D eigenvalue weighted by Gasteiger charge is -2.12. The largest absolute Gasteiger partial charge is 0.321 e. The van der Waals surface area contributed by atoms with Gasteiger partial charge >= 0.3 is 10.2 Å². The highest BCUT2D eigenvalue weighted by Gasteiger charge is 2.23. The second kappa shape index (κ2) is 7.02. The van der Waals surface area contributed by atoms with Crippen LogP contribution in [0.15, 0.2) is 66.4 Å². The van der Waals surface area contributed by atoms with Crippen LogP contribution in [-0.2, 0) is 15.0 Å². The molecule has 3 aromatic rings. The maximum absolute atomic E-state index is 12.7. The zero-order chi connectivity index (χ0) is 20.8. The Balaban J connectivity index is 1.82. The Labute approximate surface area is 169 Å². The van der Waals surface area contributed by atoms with E-state index in [-0.39, 0.29) is 5.91 Å². The van der Waals surface area contributed by atoms with Gasteiger partial charge < -0.3 is 5.32 Å². The van der Waals surface area contributed by atoms with E-state index in [4.69, 9.17) is 0 Å². The van der Waals surface area contributed by atoms with Crippen LogP contribution in [0.5, 0.6) is 0 Å². The molecule has 1 aromatic heterocycles. The number of hydrogen-bond donors (Lipinski definition) is 1. The first-order chi connectivity index (χ1) is 13.8. The third-order valence-corrected chi connectivity index (χ3v) is 6.62. The fraction of sp³-hybridized carbons (Fsp3) is 0.136. The van der Waals surface area contributed by atoms with Gasteiger partial charge in [-0.1, -0.05) is 48.0 Å². The van der Waals surface area contributed by atoms with E-state index in [1.807, 2.05) is 43.3 Å². The number of hydrogen-bond acceptors (Lipinski definition) is 3. The monoisotopic (exact) mass is 407 g/mol. The molecule has 29 heavy (non-hydrogen) atoms. The normalized spacial score (nSPS) is 15.9. The van der Waals surface area contributed by atoms with E-state index in [0.717, 1.165) is 26.5 Å². The first kappa shape index (κ1) is 19.2. The summed E-state index contributed by atoms with van der Waals surface area (Å²) in [6, 6.07) is 15.1. The van der Waals surface area contributed by atoms with Crippen LogP contribution in [0.25, 0.3) is 22.7 Å². The van der Waals surface area contributed by atoms with Crippen molar-refractivity contribution >= 4 is 38.8 Å². The molecule has 4 rings (SSSR count). The molecule has 0 atom stereocenters. The molecule has 6 nitrogen and oxygen atoms in total. The SMILES string of the molecule is Cc1ccc(C2=CC(=Cc3cn(S(=O)(=O)N(C)C)c4ccccc34)C(=O)N2)cc1. The molecule has 148 valence electrons. The van der Waals surface area contributed by atoms with Crippen LogP contribution in [0.3, 0.4) is 0 Å². The van der Waals surface area contributed by atoms with Crippen molar-refractivity contribution in [2.24, 2.45) is 0 Å². The molecule has 1 aliphatic heterocycles. The molecule has 0 unspecified atom stereocenters. The van der Waals surface area contributed by atoms with Crippen molar-refractivity contribution in [3.8, 4) is 0 Å². The van der Waals surface area contributed by atoms with Crippen LogP contribution >= 0.6 is 0 Å². The van der Waals surface area contributed by atoms with E-state index >= 15 is 0 Å². The first-order valence-electron chi connectivity index (χ1n) is 9.12. The van der Waals surface area contributed by atoms with Crippen LogP contribution in [0.2, 0.25) is 0 Å². The van der Waals surface area contributed by atoms with Gasteiger partial charge in [0, 0.05) is 42.5 Å². The Kier molecular flexibility index (Phi) is 4.64. The Hall–Kier alpha value is -3.16. The molecule has 1 amide bonds. The van der Waals surface area contributed by atoms with Gasteiger partial charge in [-0.05, 0) is 30.7 Å². The predicted molar refractivity (Wildman–Crippen MR) is 115 cm³/mol. The van der Waals surface area contributed by atoms with E-state index in [9.17, 15) is 13.2 Å². The third kappa shape index (κ3) is 3.39. The molecule has 0 radical (unpaired) electrons. The number of carbonyl (C=O) groups is 1. The summed E-state index contributed by atoms with van der Waals surface area (Å²) in [6.07, 6.45) is 5.07. The highest BCUT2D eigenvalue weighted by atomic mass is 32.2. The van der Waals surface area contributed by atoms with E-state index < -0.39 is 10.2 Å². The molecular formula is C22H21N3O3S. The maximum atomic E-state index is 12.7. The molecule has 0 saturated carbocycles. The number of amides is 1. The summed E-state index contributed by atoms with van der Waals surface area (Å²) in [5, 5.41) is 3.64. The molecular weight excluding hydrogens is 386 g/mol. The Morgan fingerprint density at radius 3 is 2.41 bits per heavy atom. The van der Waals surface area contributed by atoms with Gasteiger partial charge in [0.25, 0.3) is 5.91 Å². The third-order valence-electron chi connectivity index (χ3n) is 4.90. The molecule has 0 spiro atoms.